The number of primary sulfonamides is 1. The minimum absolute atomic E-state index is 0.116. The highest BCUT2D eigenvalue weighted by molar-refractivity contribution is 7.89. The Hall–Kier alpha value is -3.07. The van der Waals surface area contributed by atoms with Crippen LogP contribution in [0.3, 0.4) is 0 Å². The van der Waals surface area contributed by atoms with Gasteiger partial charge in [-0.1, -0.05) is 72.3 Å². The number of nitrogens with zero attached hydrogens (tertiary/aromatic N) is 2. The highest BCUT2D eigenvalue weighted by atomic mass is 35.5. The van der Waals surface area contributed by atoms with Crippen LogP contribution in [0.2, 0.25) is 5.02 Å². The van der Waals surface area contributed by atoms with Gasteiger partial charge < -0.3 is 0 Å². The Morgan fingerprint density at radius 3 is 2.21 bits per heavy atom. The van der Waals surface area contributed by atoms with Gasteiger partial charge in [-0.25, -0.2) is 22.3 Å². The Kier molecular flexibility index (Phi) is 6.60. The molecule has 0 radical (unpaired) electrons. The van der Waals surface area contributed by atoms with Crippen molar-refractivity contribution in [3.63, 3.8) is 0 Å². The molecule has 1 aromatic heterocycles. The number of aryl methyl sites for hydroxylation is 2. The van der Waals surface area contributed by atoms with Gasteiger partial charge in [-0.05, 0) is 35.7 Å². The lowest BCUT2D eigenvalue weighted by molar-refractivity contribution is 0.139. The smallest absolute Gasteiger partial charge is 0.262 e. The Balaban J connectivity index is 1.95. The summed E-state index contributed by atoms with van der Waals surface area (Å²) in [5.74, 6) is 0. The second-order valence-electron chi connectivity index (χ2n) is 7.42. The maximum Gasteiger partial charge on any atom is 0.280 e. The summed E-state index contributed by atoms with van der Waals surface area (Å²) in [4.78, 5) is -0.186. The molecule has 0 fully saturated rings. The fourth-order valence-electron chi connectivity index (χ4n) is 3.75. The molecule has 4 aromatic rings. The number of rotatable bonds is 7. The third-order valence-electron chi connectivity index (χ3n) is 5.24. The van der Waals surface area contributed by atoms with Crippen molar-refractivity contribution in [2.24, 2.45) is 5.14 Å². The molecule has 3 aromatic carbocycles. The molecule has 2 N–H and O–H groups in total. The standard InChI is InChI=1S/C24H20ClF2N3O2S/c25-18-12-10-17(11-13-18)21-22(19-8-4-5-9-20(19)33(28,31)32)29-30(23(21)24(26)27)15-14-16-6-2-1-3-7-16/h1-13,24H,14-15H2,(H2,28,31,32). The molecule has 0 saturated heterocycles. The molecular formula is C24H20ClF2N3O2S. The van der Waals surface area contributed by atoms with Crippen LogP contribution in [0.4, 0.5) is 8.78 Å². The first-order valence-electron chi connectivity index (χ1n) is 10.1. The van der Waals surface area contributed by atoms with Crippen LogP contribution in [0.25, 0.3) is 22.4 Å². The van der Waals surface area contributed by atoms with Crippen molar-refractivity contribution in [2.45, 2.75) is 24.3 Å². The van der Waals surface area contributed by atoms with Crippen molar-refractivity contribution in [1.29, 1.82) is 0 Å². The highest BCUT2D eigenvalue weighted by Crippen LogP contribution is 2.41. The van der Waals surface area contributed by atoms with Crippen LogP contribution in [-0.4, -0.2) is 18.2 Å². The second-order valence-corrected chi connectivity index (χ2v) is 9.38. The molecule has 33 heavy (non-hydrogen) atoms. The van der Waals surface area contributed by atoms with E-state index in [1.54, 1.807) is 30.3 Å². The molecule has 0 spiro atoms. The van der Waals surface area contributed by atoms with Gasteiger partial charge in [0, 0.05) is 22.7 Å². The molecular weight excluding hydrogens is 468 g/mol. The average Bonchev–Trinajstić information content (AvgIpc) is 3.18. The molecule has 0 aliphatic rings. The molecule has 170 valence electrons. The molecule has 5 nitrogen and oxygen atoms in total. The van der Waals surface area contributed by atoms with E-state index in [-0.39, 0.29) is 34.0 Å². The maximum absolute atomic E-state index is 14.4. The molecule has 1 heterocycles. The van der Waals surface area contributed by atoms with Crippen molar-refractivity contribution in [3.8, 4) is 22.4 Å². The number of hydrogen-bond acceptors (Lipinski definition) is 3. The minimum Gasteiger partial charge on any atom is -0.262 e. The van der Waals surface area contributed by atoms with E-state index in [0.29, 0.717) is 17.0 Å². The van der Waals surface area contributed by atoms with E-state index in [9.17, 15) is 17.2 Å². The van der Waals surface area contributed by atoms with E-state index in [2.05, 4.69) is 5.10 Å². The van der Waals surface area contributed by atoms with Gasteiger partial charge in [0.2, 0.25) is 10.0 Å². The van der Waals surface area contributed by atoms with Gasteiger partial charge >= 0.3 is 0 Å². The number of sulfonamides is 1. The van der Waals surface area contributed by atoms with Gasteiger partial charge in [0.05, 0.1) is 4.90 Å². The maximum atomic E-state index is 14.4. The van der Waals surface area contributed by atoms with Crippen molar-refractivity contribution >= 4 is 21.6 Å². The van der Waals surface area contributed by atoms with Crippen LogP contribution in [0.5, 0.6) is 0 Å². The predicted molar refractivity (Wildman–Crippen MR) is 125 cm³/mol. The summed E-state index contributed by atoms with van der Waals surface area (Å²) in [6.45, 7) is 0.182. The molecule has 4 rings (SSSR count). The number of hydrogen-bond donors (Lipinski definition) is 1. The summed E-state index contributed by atoms with van der Waals surface area (Å²) >= 11 is 6.00. The molecule has 0 aliphatic heterocycles. The van der Waals surface area contributed by atoms with E-state index >= 15 is 0 Å². The zero-order valence-electron chi connectivity index (χ0n) is 17.3. The molecule has 0 bridgehead atoms. The van der Waals surface area contributed by atoms with Gasteiger partial charge in [-0.15, -0.1) is 0 Å². The van der Waals surface area contributed by atoms with Crippen LogP contribution in [0, 0.1) is 0 Å². The van der Waals surface area contributed by atoms with E-state index in [1.807, 2.05) is 30.3 Å². The third kappa shape index (κ3) is 4.98. The van der Waals surface area contributed by atoms with Gasteiger partial charge in [-0.2, -0.15) is 5.10 Å². The summed E-state index contributed by atoms with van der Waals surface area (Å²) in [7, 11) is -4.12. The summed E-state index contributed by atoms with van der Waals surface area (Å²) in [5.41, 5.74) is 1.53. The fourth-order valence-corrected chi connectivity index (χ4v) is 4.61. The second kappa shape index (κ2) is 9.43. The number of halogens is 3. The lowest BCUT2D eigenvalue weighted by Gasteiger charge is -2.10. The topological polar surface area (TPSA) is 78.0 Å². The number of aromatic nitrogens is 2. The van der Waals surface area contributed by atoms with E-state index < -0.39 is 16.4 Å². The quantitative estimate of drug-likeness (QED) is 0.363. The van der Waals surface area contributed by atoms with Gasteiger partial charge in [0.25, 0.3) is 6.43 Å². The molecule has 0 atom stereocenters. The Morgan fingerprint density at radius 2 is 1.58 bits per heavy atom. The zero-order valence-corrected chi connectivity index (χ0v) is 18.9. The molecule has 0 unspecified atom stereocenters. The molecule has 0 aliphatic carbocycles. The Morgan fingerprint density at radius 1 is 0.939 bits per heavy atom. The first-order chi connectivity index (χ1) is 15.8. The third-order valence-corrected chi connectivity index (χ3v) is 6.46. The van der Waals surface area contributed by atoms with Crippen LogP contribution in [-0.2, 0) is 23.0 Å². The number of nitrogens with two attached hydrogens (primary N) is 1. The van der Waals surface area contributed by atoms with Gasteiger partial charge in [0.15, 0.2) is 0 Å². The fraction of sp³-hybridized carbons (Fsp3) is 0.125. The van der Waals surface area contributed by atoms with Gasteiger partial charge in [-0.3, -0.25) is 4.68 Å². The first kappa shape index (κ1) is 23.1. The zero-order chi connectivity index (χ0) is 23.6. The summed E-state index contributed by atoms with van der Waals surface area (Å²) in [6, 6.07) is 21.8. The van der Waals surface area contributed by atoms with Crippen molar-refractivity contribution in [1.82, 2.24) is 9.78 Å². The van der Waals surface area contributed by atoms with Crippen LogP contribution in [0.15, 0.2) is 83.8 Å². The van der Waals surface area contributed by atoms with Crippen molar-refractivity contribution in [3.05, 3.63) is 95.1 Å². The summed E-state index contributed by atoms with van der Waals surface area (Å²) in [6.07, 6.45) is -2.38. The van der Waals surface area contributed by atoms with Gasteiger partial charge in [0.1, 0.15) is 11.4 Å². The lowest BCUT2D eigenvalue weighted by Crippen LogP contribution is -2.13. The highest BCUT2D eigenvalue weighted by Gasteiger charge is 2.29. The van der Waals surface area contributed by atoms with E-state index in [4.69, 9.17) is 16.7 Å². The SMILES string of the molecule is NS(=O)(=O)c1ccccc1-c1nn(CCc2ccccc2)c(C(F)F)c1-c1ccc(Cl)cc1. The molecule has 9 heteroatoms. The summed E-state index contributed by atoms with van der Waals surface area (Å²) in [5, 5.41) is 10.3. The van der Waals surface area contributed by atoms with Crippen LogP contribution in [0.1, 0.15) is 17.7 Å². The van der Waals surface area contributed by atoms with E-state index in [0.717, 1.165) is 5.56 Å². The molecule has 0 saturated carbocycles. The molecule has 0 amide bonds. The Labute approximate surface area is 195 Å². The Bertz CT molecular complexity index is 1370. The van der Waals surface area contributed by atoms with Crippen LogP contribution >= 0.6 is 11.6 Å². The first-order valence-corrected chi connectivity index (χ1v) is 12.0. The van der Waals surface area contributed by atoms with Crippen molar-refractivity contribution < 1.29 is 17.2 Å². The minimum atomic E-state index is -4.12. The monoisotopic (exact) mass is 487 g/mol. The largest absolute Gasteiger partial charge is 0.280 e. The van der Waals surface area contributed by atoms with Crippen LogP contribution < -0.4 is 5.14 Å². The lowest BCUT2D eigenvalue weighted by atomic mass is 9.98. The normalized spacial score (nSPS) is 11.8. The summed E-state index contributed by atoms with van der Waals surface area (Å²) < 4.78 is 54.5. The average molecular weight is 488 g/mol. The number of benzene rings is 3. The van der Waals surface area contributed by atoms with E-state index in [1.165, 1.54) is 22.9 Å². The predicted octanol–water partition coefficient (Wildman–Crippen LogP) is 5.70. The number of alkyl halides is 2. The van der Waals surface area contributed by atoms with Crippen molar-refractivity contribution in [2.75, 3.05) is 0 Å².